The molecule has 1 fully saturated rings. The smallest absolute Gasteiger partial charge is 0.316 e. The molecular weight excluding hydrogens is 454 g/mol. The van der Waals surface area contributed by atoms with Crippen molar-refractivity contribution in [3.8, 4) is 22.5 Å². The van der Waals surface area contributed by atoms with Gasteiger partial charge in [-0.2, -0.15) is 5.10 Å². The molecule has 1 aliphatic carbocycles. The van der Waals surface area contributed by atoms with E-state index in [1.54, 1.807) is 35.7 Å². The molecule has 0 aliphatic heterocycles. The number of ether oxygens (including phenoxy) is 1. The summed E-state index contributed by atoms with van der Waals surface area (Å²) >= 11 is 0. The van der Waals surface area contributed by atoms with Crippen molar-refractivity contribution >= 4 is 17.6 Å². The summed E-state index contributed by atoms with van der Waals surface area (Å²) in [6, 6.07) is 7.97. The summed E-state index contributed by atoms with van der Waals surface area (Å²) < 4.78 is 6.73. The number of esters is 1. The van der Waals surface area contributed by atoms with Crippen LogP contribution < -0.4 is 5.32 Å². The first kappa shape index (κ1) is 23.6. The Morgan fingerprint density at radius 2 is 1.78 bits per heavy atom. The summed E-state index contributed by atoms with van der Waals surface area (Å²) in [6.45, 7) is 4.31. The van der Waals surface area contributed by atoms with Crippen molar-refractivity contribution in [2.24, 2.45) is 13.0 Å². The van der Waals surface area contributed by atoms with Crippen LogP contribution in [0.5, 0.6) is 0 Å². The Morgan fingerprint density at radius 1 is 1.06 bits per heavy atom. The molecule has 4 aromatic rings. The average Bonchev–Trinajstić information content (AvgIpc) is 3.62. The van der Waals surface area contributed by atoms with E-state index in [0.717, 1.165) is 53.0 Å². The minimum absolute atomic E-state index is 0.165. The minimum Gasteiger partial charge on any atom is -0.468 e. The van der Waals surface area contributed by atoms with Gasteiger partial charge in [0.15, 0.2) is 5.82 Å². The summed E-state index contributed by atoms with van der Waals surface area (Å²) in [4.78, 5) is 30.4. The number of carbonyl (C=O) groups excluding carboxylic acids is 1. The predicted molar refractivity (Wildman–Crippen MR) is 136 cm³/mol. The van der Waals surface area contributed by atoms with E-state index in [4.69, 9.17) is 4.74 Å². The summed E-state index contributed by atoms with van der Waals surface area (Å²) in [5.41, 5.74) is 4.08. The SMILES string of the molecule is COC(=O)C1(c2ccc(-c3cnc(-c4cnn(C)c4Nc4cncc(CC(C)C)n4)nc3)cc2)CC1. The predicted octanol–water partition coefficient (Wildman–Crippen LogP) is 4.48. The number of carbonyl (C=O) groups is 1. The van der Waals surface area contributed by atoms with Gasteiger partial charge in [0, 0.05) is 31.2 Å². The normalized spacial score (nSPS) is 14.0. The van der Waals surface area contributed by atoms with Gasteiger partial charge >= 0.3 is 5.97 Å². The van der Waals surface area contributed by atoms with Crippen LogP contribution in [0.2, 0.25) is 0 Å². The fourth-order valence-electron chi connectivity index (χ4n) is 4.38. The van der Waals surface area contributed by atoms with Crippen molar-refractivity contribution in [1.82, 2.24) is 29.7 Å². The lowest BCUT2D eigenvalue weighted by molar-refractivity contribution is -0.143. The van der Waals surface area contributed by atoms with Crippen LogP contribution in [-0.2, 0) is 28.4 Å². The molecule has 184 valence electrons. The molecule has 1 aliphatic rings. The van der Waals surface area contributed by atoms with Gasteiger partial charge in [0.2, 0.25) is 0 Å². The second-order valence-electron chi connectivity index (χ2n) is 9.60. The van der Waals surface area contributed by atoms with Crippen LogP contribution in [0.1, 0.15) is 37.9 Å². The second-order valence-corrected chi connectivity index (χ2v) is 9.60. The van der Waals surface area contributed by atoms with E-state index < -0.39 is 5.41 Å². The van der Waals surface area contributed by atoms with Crippen LogP contribution >= 0.6 is 0 Å². The third-order valence-electron chi connectivity index (χ3n) is 6.48. The molecule has 9 heteroatoms. The maximum absolute atomic E-state index is 12.2. The first-order valence-corrected chi connectivity index (χ1v) is 12.0. The Hall–Kier alpha value is -4.14. The second kappa shape index (κ2) is 9.49. The maximum atomic E-state index is 12.2. The molecule has 5 rings (SSSR count). The topological polar surface area (TPSA) is 108 Å². The van der Waals surface area contributed by atoms with Crippen LogP contribution in [0.4, 0.5) is 11.6 Å². The van der Waals surface area contributed by atoms with Gasteiger partial charge in [0.1, 0.15) is 11.6 Å². The minimum atomic E-state index is -0.476. The number of hydrogen-bond acceptors (Lipinski definition) is 8. The highest BCUT2D eigenvalue weighted by molar-refractivity contribution is 5.86. The van der Waals surface area contributed by atoms with E-state index in [2.05, 4.69) is 44.2 Å². The van der Waals surface area contributed by atoms with E-state index >= 15 is 0 Å². The molecule has 0 atom stereocenters. The van der Waals surface area contributed by atoms with Crippen molar-refractivity contribution in [2.75, 3.05) is 12.4 Å². The fourth-order valence-corrected chi connectivity index (χ4v) is 4.38. The molecule has 1 aromatic carbocycles. The first-order valence-electron chi connectivity index (χ1n) is 12.0. The highest BCUT2D eigenvalue weighted by Crippen LogP contribution is 2.49. The summed E-state index contributed by atoms with van der Waals surface area (Å²) in [5.74, 6) is 2.27. The van der Waals surface area contributed by atoms with E-state index in [0.29, 0.717) is 17.6 Å². The zero-order chi connectivity index (χ0) is 25.3. The van der Waals surface area contributed by atoms with Gasteiger partial charge in [-0.15, -0.1) is 0 Å². The fraction of sp³-hybridized carbons (Fsp3) is 0.333. The Labute approximate surface area is 210 Å². The van der Waals surface area contributed by atoms with Crippen molar-refractivity contribution in [1.29, 1.82) is 0 Å². The van der Waals surface area contributed by atoms with Crippen LogP contribution in [0.3, 0.4) is 0 Å². The molecule has 0 bridgehead atoms. The van der Waals surface area contributed by atoms with Gasteiger partial charge in [-0.1, -0.05) is 38.1 Å². The van der Waals surface area contributed by atoms with Gasteiger partial charge in [0.25, 0.3) is 0 Å². The van der Waals surface area contributed by atoms with Crippen molar-refractivity contribution in [3.05, 3.63) is 66.5 Å². The number of methoxy groups -OCH3 is 1. The zero-order valence-corrected chi connectivity index (χ0v) is 20.9. The van der Waals surface area contributed by atoms with E-state index in [-0.39, 0.29) is 5.97 Å². The van der Waals surface area contributed by atoms with Gasteiger partial charge in [-0.25, -0.2) is 15.0 Å². The quantitative estimate of drug-likeness (QED) is 0.366. The lowest BCUT2D eigenvalue weighted by atomic mass is 9.94. The molecule has 0 amide bonds. The third kappa shape index (κ3) is 4.56. The largest absolute Gasteiger partial charge is 0.468 e. The molecule has 0 radical (unpaired) electrons. The maximum Gasteiger partial charge on any atom is 0.316 e. The third-order valence-corrected chi connectivity index (χ3v) is 6.48. The molecule has 3 heterocycles. The van der Waals surface area contributed by atoms with Gasteiger partial charge in [-0.3, -0.25) is 14.5 Å². The lowest BCUT2D eigenvalue weighted by Gasteiger charge is -2.13. The molecule has 0 spiro atoms. The number of nitrogens with zero attached hydrogens (tertiary/aromatic N) is 6. The van der Waals surface area contributed by atoms with Crippen LogP contribution in [0, 0.1) is 5.92 Å². The number of nitrogens with one attached hydrogen (secondary N) is 1. The van der Waals surface area contributed by atoms with Crippen molar-refractivity contribution < 1.29 is 9.53 Å². The Kier molecular flexibility index (Phi) is 6.22. The molecular formula is C27H29N7O2. The number of anilines is 2. The van der Waals surface area contributed by atoms with E-state index in [1.807, 2.05) is 31.3 Å². The van der Waals surface area contributed by atoms with Crippen LogP contribution in [0.15, 0.2) is 55.2 Å². The van der Waals surface area contributed by atoms with Gasteiger partial charge in [0.05, 0.1) is 36.2 Å². The van der Waals surface area contributed by atoms with Gasteiger partial charge < -0.3 is 10.1 Å². The molecule has 9 nitrogen and oxygen atoms in total. The Morgan fingerprint density at radius 3 is 2.42 bits per heavy atom. The van der Waals surface area contributed by atoms with Crippen molar-refractivity contribution in [3.63, 3.8) is 0 Å². The lowest BCUT2D eigenvalue weighted by Crippen LogP contribution is -2.21. The van der Waals surface area contributed by atoms with E-state index in [1.165, 1.54) is 7.11 Å². The zero-order valence-electron chi connectivity index (χ0n) is 20.9. The highest BCUT2D eigenvalue weighted by atomic mass is 16.5. The summed E-state index contributed by atoms with van der Waals surface area (Å²) in [5, 5.41) is 7.72. The summed E-state index contributed by atoms with van der Waals surface area (Å²) in [7, 11) is 3.30. The Bertz CT molecular complexity index is 1370. The molecule has 0 unspecified atom stereocenters. The van der Waals surface area contributed by atoms with Gasteiger partial charge in [-0.05, 0) is 36.3 Å². The monoisotopic (exact) mass is 483 g/mol. The molecule has 1 N–H and O–H groups in total. The molecule has 0 saturated heterocycles. The number of benzene rings is 1. The number of hydrogen-bond donors (Lipinski definition) is 1. The van der Waals surface area contributed by atoms with Crippen molar-refractivity contribution in [2.45, 2.75) is 38.5 Å². The molecule has 1 saturated carbocycles. The standard InChI is InChI=1S/C27H29N7O2/c1-17(2)11-21-14-28-16-23(32-21)33-25-22(15-31-34(25)3)24-29-12-19(13-30-24)18-5-7-20(8-6-18)27(9-10-27)26(35)36-4/h5-8,12-17H,9-11H2,1-4H3,(H,32,33). The number of aromatic nitrogens is 6. The highest BCUT2D eigenvalue weighted by Gasteiger charge is 2.52. The average molecular weight is 484 g/mol. The number of aryl methyl sites for hydroxylation is 1. The first-order chi connectivity index (χ1) is 17.4. The number of rotatable bonds is 8. The summed E-state index contributed by atoms with van der Waals surface area (Å²) in [6.07, 6.45) is 11.3. The molecule has 3 aromatic heterocycles. The van der Waals surface area contributed by atoms with Crippen LogP contribution in [0.25, 0.3) is 22.5 Å². The van der Waals surface area contributed by atoms with Crippen LogP contribution in [-0.4, -0.2) is 42.8 Å². The molecule has 36 heavy (non-hydrogen) atoms. The van der Waals surface area contributed by atoms with E-state index in [9.17, 15) is 4.79 Å². The Balaban J connectivity index is 1.36.